The molecular weight excluding hydrogens is 140 g/mol. The lowest BCUT2D eigenvalue weighted by molar-refractivity contribution is 0.616. The van der Waals surface area contributed by atoms with Crippen molar-refractivity contribution in [2.45, 2.75) is 0 Å². The van der Waals surface area contributed by atoms with Crippen LogP contribution in [0.1, 0.15) is 0 Å². The highest BCUT2D eigenvalue weighted by Crippen LogP contribution is 2.23. The Kier molecular flexibility index (Phi) is 1.06. The Morgan fingerprint density at radius 2 is 1.82 bits per heavy atom. The van der Waals surface area contributed by atoms with Crippen molar-refractivity contribution in [1.29, 1.82) is 0 Å². The topological polar surface area (TPSA) is 65.2 Å². The van der Waals surface area contributed by atoms with Crippen molar-refractivity contribution in [3.63, 3.8) is 0 Å². The van der Waals surface area contributed by atoms with Gasteiger partial charge in [-0.2, -0.15) is 0 Å². The number of nitrogens with two attached hydrogens (primary N) is 2. The molecule has 0 saturated heterocycles. The van der Waals surface area contributed by atoms with Crippen LogP contribution in [0.4, 0.5) is 11.4 Å². The molecule has 2 aromatic rings. The zero-order chi connectivity index (χ0) is 7.84. The molecule has 0 aliphatic heterocycles. The van der Waals surface area contributed by atoms with Gasteiger partial charge in [0.1, 0.15) is 5.58 Å². The summed E-state index contributed by atoms with van der Waals surface area (Å²) in [5, 5.41) is 0.983. The van der Waals surface area contributed by atoms with Gasteiger partial charge in [-0.15, -0.1) is 0 Å². The predicted molar refractivity (Wildman–Crippen MR) is 45.0 cm³/mol. The van der Waals surface area contributed by atoms with Gasteiger partial charge in [0.25, 0.3) is 0 Å². The third kappa shape index (κ3) is 0.816. The highest BCUT2D eigenvalue weighted by molar-refractivity contribution is 5.86. The highest BCUT2D eigenvalue weighted by Gasteiger charge is 1.99. The molecule has 4 N–H and O–H groups in total. The number of fused-ring (bicyclic) bond motifs is 1. The lowest BCUT2D eigenvalue weighted by Crippen LogP contribution is -1.92. The van der Waals surface area contributed by atoms with Gasteiger partial charge in [0, 0.05) is 11.5 Å². The first kappa shape index (κ1) is 6.09. The summed E-state index contributed by atoms with van der Waals surface area (Å²) in [6, 6.07) is 5.38. The summed E-state index contributed by atoms with van der Waals surface area (Å²) < 4.78 is 5.12. The minimum Gasteiger partial charge on any atom is -0.464 e. The van der Waals surface area contributed by atoms with Crippen LogP contribution < -0.4 is 11.5 Å². The first-order valence-corrected chi connectivity index (χ1v) is 3.29. The summed E-state index contributed by atoms with van der Waals surface area (Å²) in [5.74, 6) is 0. The fourth-order valence-electron chi connectivity index (χ4n) is 1.04. The average Bonchev–Trinajstić information content (AvgIpc) is 2.36. The molecule has 0 spiro atoms. The van der Waals surface area contributed by atoms with Crippen LogP contribution in [0.15, 0.2) is 28.9 Å². The van der Waals surface area contributed by atoms with Crippen LogP contribution in [-0.2, 0) is 0 Å². The fourth-order valence-corrected chi connectivity index (χ4v) is 1.04. The van der Waals surface area contributed by atoms with Gasteiger partial charge in [0.15, 0.2) is 0 Å². The summed E-state index contributed by atoms with van der Waals surface area (Å²) in [5.41, 5.74) is 13.1. The van der Waals surface area contributed by atoms with E-state index < -0.39 is 0 Å². The molecule has 1 aromatic carbocycles. The normalized spacial score (nSPS) is 10.5. The SMILES string of the molecule is Nc1cc2ccoc2cc1N. The van der Waals surface area contributed by atoms with E-state index in [2.05, 4.69) is 0 Å². The lowest BCUT2D eigenvalue weighted by Gasteiger charge is -1.97. The minimum atomic E-state index is 0.562. The van der Waals surface area contributed by atoms with E-state index in [1.165, 1.54) is 0 Å². The molecular formula is C8H8N2O. The second kappa shape index (κ2) is 1.92. The third-order valence-electron chi connectivity index (χ3n) is 1.66. The molecule has 0 saturated carbocycles. The van der Waals surface area contributed by atoms with Crippen LogP contribution in [0.2, 0.25) is 0 Å². The van der Waals surface area contributed by atoms with E-state index in [0.717, 1.165) is 11.0 Å². The van der Waals surface area contributed by atoms with E-state index in [4.69, 9.17) is 15.9 Å². The monoisotopic (exact) mass is 148 g/mol. The van der Waals surface area contributed by atoms with Crippen molar-refractivity contribution in [2.75, 3.05) is 11.5 Å². The van der Waals surface area contributed by atoms with Gasteiger partial charge < -0.3 is 15.9 Å². The van der Waals surface area contributed by atoms with E-state index in [-0.39, 0.29) is 0 Å². The number of anilines is 2. The quantitative estimate of drug-likeness (QED) is 0.557. The Balaban J connectivity index is 2.86. The molecule has 2 rings (SSSR count). The molecule has 0 bridgehead atoms. The Bertz CT molecular complexity index is 356. The van der Waals surface area contributed by atoms with Crippen molar-refractivity contribution in [1.82, 2.24) is 0 Å². The second-order valence-electron chi connectivity index (χ2n) is 2.44. The Hall–Kier alpha value is -1.64. The molecule has 0 aliphatic carbocycles. The molecule has 0 fully saturated rings. The van der Waals surface area contributed by atoms with Crippen molar-refractivity contribution >= 4 is 22.3 Å². The smallest absolute Gasteiger partial charge is 0.136 e. The van der Waals surface area contributed by atoms with Crippen LogP contribution in [0.5, 0.6) is 0 Å². The summed E-state index contributed by atoms with van der Waals surface area (Å²) in [4.78, 5) is 0. The summed E-state index contributed by atoms with van der Waals surface area (Å²) in [7, 11) is 0. The summed E-state index contributed by atoms with van der Waals surface area (Å²) in [6.45, 7) is 0. The van der Waals surface area contributed by atoms with Crippen molar-refractivity contribution in [3.8, 4) is 0 Å². The van der Waals surface area contributed by atoms with Crippen LogP contribution in [0.25, 0.3) is 11.0 Å². The number of nitrogen functional groups attached to an aromatic ring is 2. The van der Waals surface area contributed by atoms with E-state index in [1.807, 2.05) is 6.07 Å². The van der Waals surface area contributed by atoms with Crippen LogP contribution in [0.3, 0.4) is 0 Å². The first-order valence-electron chi connectivity index (χ1n) is 3.29. The second-order valence-corrected chi connectivity index (χ2v) is 2.44. The highest BCUT2D eigenvalue weighted by atomic mass is 16.3. The van der Waals surface area contributed by atoms with Crippen molar-refractivity contribution in [3.05, 3.63) is 24.5 Å². The molecule has 0 amide bonds. The first-order chi connectivity index (χ1) is 5.27. The Morgan fingerprint density at radius 3 is 2.64 bits per heavy atom. The third-order valence-corrected chi connectivity index (χ3v) is 1.66. The Morgan fingerprint density at radius 1 is 1.09 bits per heavy atom. The molecule has 1 heterocycles. The van der Waals surface area contributed by atoms with Crippen LogP contribution in [-0.4, -0.2) is 0 Å². The fraction of sp³-hybridized carbons (Fsp3) is 0. The van der Waals surface area contributed by atoms with Crippen LogP contribution in [0, 0.1) is 0 Å². The molecule has 3 heteroatoms. The number of furan rings is 1. The molecule has 3 nitrogen and oxygen atoms in total. The number of benzene rings is 1. The largest absolute Gasteiger partial charge is 0.464 e. The molecule has 11 heavy (non-hydrogen) atoms. The van der Waals surface area contributed by atoms with Crippen molar-refractivity contribution < 1.29 is 4.42 Å². The van der Waals surface area contributed by atoms with Gasteiger partial charge in [-0.25, -0.2) is 0 Å². The maximum absolute atomic E-state index is 5.58. The zero-order valence-electron chi connectivity index (χ0n) is 5.87. The van der Waals surface area contributed by atoms with Crippen LogP contribution >= 0.6 is 0 Å². The van der Waals surface area contributed by atoms with Crippen molar-refractivity contribution in [2.24, 2.45) is 0 Å². The predicted octanol–water partition coefficient (Wildman–Crippen LogP) is 1.60. The van der Waals surface area contributed by atoms with Gasteiger partial charge in [-0.05, 0) is 12.1 Å². The molecule has 0 atom stereocenters. The van der Waals surface area contributed by atoms with Gasteiger partial charge >= 0.3 is 0 Å². The van der Waals surface area contributed by atoms with Gasteiger partial charge in [0.2, 0.25) is 0 Å². The minimum absolute atomic E-state index is 0.562. The van der Waals surface area contributed by atoms with E-state index in [0.29, 0.717) is 11.4 Å². The van der Waals surface area contributed by atoms with E-state index >= 15 is 0 Å². The summed E-state index contributed by atoms with van der Waals surface area (Å²) in [6.07, 6.45) is 1.61. The maximum atomic E-state index is 5.58. The molecule has 0 aliphatic rings. The number of hydrogen-bond acceptors (Lipinski definition) is 3. The lowest BCUT2D eigenvalue weighted by atomic mass is 10.2. The van der Waals surface area contributed by atoms with E-state index in [1.54, 1.807) is 18.4 Å². The average molecular weight is 148 g/mol. The molecule has 0 radical (unpaired) electrons. The van der Waals surface area contributed by atoms with Gasteiger partial charge in [0.05, 0.1) is 17.6 Å². The zero-order valence-corrected chi connectivity index (χ0v) is 5.87. The molecule has 1 aromatic heterocycles. The molecule has 56 valence electrons. The Labute approximate surface area is 63.6 Å². The molecule has 0 unspecified atom stereocenters. The van der Waals surface area contributed by atoms with Gasteiger partial charge in [-0.3, -0.25) is 0 Å². The van der Waals surface area contributed by atoms with E-state index in [9.17, 15) is 0 Å². The van der Waals surface area contributed by atoms with Gasteiger partial charge in [-0.1, -0.05) is 0 Å². The maximum Gasteiger partial charge on any atom is 0.136 e. The number of rotatable bonds is 0. The summed E-state index contributed by atoms with van der Waals surface area (Å²) >= 11 is 0. The standard InChI is InChI=1S/C8H8N2O/c9-6-3-5-1-2-11-8(5)4-7(6)10/h1-4H,9-10H2. The number of hydrogen-bond donors (Lipinski definition) is 2.